The molecule has 0 bridgehead atoms. The molecule has 1 aliphatic heterocycles. The van der Waals surface area contributed by atoms with E-state index in [1.807, 2.05) is 12.3 Å². The summed E-state index contributed by atoms with van der Waals surface area (Å²) in [6, 6.07) is 53.7. The highest BCUT2D eigenvalue weighted by Gasteiger charge is 2.21. The van der Waals surface area contributed by atoms with Crippen LogP contribution in [0.15, 0.2) is 180 Å². The molecule has 0 saturated heterocycles. The molecule has 1 aromatic heterocycles. The molecule has 0 spiro atoms. The summed E-state index contributed by atoms with van der Waals surface area (Å²) in [7, 11) is 0. The third kappa shape index (κ3) is 4.62. The molecule has 0 fully saturated rings. The van der Waals surface area contributed by atoms with Crippen molar-refractivity contribution < 1.29 is 4.42 Å². The molecule has 0 amide bonds. The van der Waals surface area contributed by atoms with Gasteiger partial charge in [0.2, 0.25) is 0 Å². The van der Waals surface area contributed by atoms with E-state index >= 15 is 0 Å². The van der Waals surface area contributed by atoms with Crippen LogP contribution in [0.5, 0.6) is 0 Å². The lowest BCUT2D eigenvalue weighted by Gasteiger charge is -2.30. The molecule has 1 aliphatic rings. The quantitative estimate of drug-likeness (QED) is 0.191. The minimum Gasteiger partial charge on any atom is -0.455 e. The van der Waals surface area contributed by atoms with Gasteiger partial charge in [-0.2, -0.15) is 0 Å². The van der Waals surface area contributed by atoms with Crippen molar-refractivity contribution in [2.45, 2.75) is 0 Å². The first kappa shape index (κ1) is 27.1. The predicted molar refractivity (Wildman–Crippen MR) is 197 cm³/mol. The number of para-hydroxylation sites is 3. The van der Waals surface area contributed by atoms with Crippen LogP contribution in [0.2, 0.25) is 0 Å². The first-order valence-corrected chi connectivity index (χ1v) is 16.0. The minimum atomic E-state index is 0.762. The van der Waals surface area contributed by atoms with Crippen molar-refractivity contribution in [2.75, 3.05) is 16.3 Å². The van der Waals surface area contributed by atoms with E-state index in [0.29, 0.717) is 0 Å². The highest BCUT2D eigenvalue weighted by Crippen LogP contribution is 2.44. The van der Waals surface area contributed by atoms with Crippen molar-refractivity contribution in [3.63, 3.8) is 0 Å². The normalized spacial score (nSPS) is 12.8. The van der Waals surface area contributed by atoms with Crippen LogP contribution in [0.4, 0.5) is 28.4 Å². The van der Waals surface area contributed by atoms with E-state index in [0.717, 1.165) is 62.6 Å². The van der Waals surface area contributed by atoms with Gasteiger partial charge in [0.1, 0.15) is 11.2 Å². The lowest BCUT2D eigenvalue weighted by molar-refractivity contribution is 0.673. The Morgan fingerprint density at radius 2 is 1.09 bits per heavy atom. The molecule has 0 saturated carbocycles. The van der Waals surface area contributed by atoms with Gasteiger partial charge in [-0.15, -0.1) is 0 Å². The summed E-state index contributed by atoms with van der Waals surface area (Å²) in [5.74, 6) is 0. The largest absolute Gasteiger partial charge is 0.455 e. The van der Waals surface area contributed by atoms with Crippen LogP contribution >= 0.6 is 0 Å². The highest BCUT2D eigenvalue weighted by molar-refractivity contribution is 6.30. The maximum absolute atomic E-state index is 6.55. The van der Waals surface area contributed by atoms with E-state index in [1.165, 1.54) is 21.5 Å². The fourth-order valence-electron chi connectivity index (χ4n) is 6.96. The second-order valence-corrected chi connectivity index (χ2v) is 11.8. The Hall–Kier alpha value is -6.26. The van der Waals surface area contributed by atoms with Gasteiger partial charge in [0, 0.05) is 56.8 Å². The van der Waals surface area contributed by atoms with E-state index in [9.17, 15) is 0 Å². The Balaban J connectivity index is 1.26. The Labute approximate surface area is 273 Å². The Kier molecular flexibility index (Phi) is 6.50. The Morgan fingerprint density at radius 1 is 0.468 bits per heavy atom. The maximum atomic E-state index is 6.55. The van der Waals surface area contributed by atoms with Crippen molar-refractivity contribution in [2.24, 2.45) is 0 Å². The molecule has 7 aromatic carbocycles. The summed E-state index contributed by atoms with van der Waals surface area (Å²) in [6.07, 6.45) is 6.41. The fraction of sp³-hybridized carbons (Fsp3) is 0.0233. The van der Waals surface area contributed by atoms with E-state index < -0.39 is 0 Å². The number of furan rings is 1. The molecule has 9 rings (SSSR count). The molecule has 1 N–H and O–H groups in total. The standard InChI is InChI=1S/C43H31N3O/c1-3-12-30(13-4-1)45(31-14-5-2-6-15-31)33-16-11-17-34(28-33)46(32-24-26-44-27-25-32)35-22-23-38-40(29-35)36-18-7-8-19-37(36)42-39-20-9-10-21-41(39)47-43(38)42/h1-26,28-29,44H,27H2. The third-order valence-corrected chi connectivity index (χ3v) is 9.02. The smallest absolute Gasteiger partial charge is 0.143 e. The van der Waals surface area contributed by atoms with Crippen molar-refractivity contribution in [3.8, 4) is 0 Å². The number of nitrogens with zero attached hydrogens (tertiary/aromatic N) is 2. The molecule has 0 radical (unpaired) electrons. The summed E-state index contributed by atoms with van der Waals surface area (Å²) in [5.41, 5.74) is 8.41. The molecule has 8 aromatic rings. The van der Waals surface area contributed by atoms with Crippen LogP contribution in [0.3, 0.4) is 0 Å². The average Bonchev–Trinajstić information content (AvgIpc) is 3.54. The maximum Gasteiger partial charge on any atom is 0.143 e. The van der Waals surface area contributed by atoms with Crippen molar-refractivity contribution in [3.05, 3.63) is 176 Å². The Bertz CT molecular complexity index is 2440. The molecule has 4 nitrogen and oxygen atoms in total. The van der Waals surface area contributed by atoms with Crippen LogP contribution in [0.25, 0.3) is 43.5 Å². The highest BCUT2D eigenvalue weighted by atomic mass is 16.3. The van der Waals surface area contributed by atoms with Crippen LogP contribution in [0.1, 0.15) is 0 Å². The van der Waals surface area contributed by atoms with Crippen molar-refractivity contribution in [1.29, 1.82) is 0 Å². The fourth-order valence-corrected chi connectivity index (χ4v) is 6.96. The minimum absolute atomic E-state index is 0.762. The summed E-state index contributed by atoms with van der Waals surface area (Å²) < 4.78 is 6.55. The molecule has 4 heteroatoms. The van der Waals surface area contributed by atoms with Gasteiger partial charge in [0.25, 0.3) is 0 Å². The molecular formula is C43H31N3O. The zero-order valence-electron chi connectivity index (χ0n) is 25.7. The summed E-state index contributed by atoms with van der Waals surface area (Å²) in [5, 5.41) is 10.3. The van der Waals surface area contributed by atoms with Gasteiger partial charge in [-0.25, -0.2) is 0 Å². The second kappa shape index (κ2) is 11.3. The number of dihydropyridines is 1. The van der Waals surface area contributed by atoms with Crippen LogP contribution in [-0.4, -0.2) is 6.54 Å². The third-order valence-electron chi connectivity index (χ3n) is 9.02. The van der Waals surface area contributed by atoms with E-state index in [2.05, 4.69) is 173 Å². The zero-order valence-corrected chi connectivity index (χ0v) is 25.7. The van der Waals surface area contributed by atoms with E-state index in [1.54, 1.807) is 0 Å². The molecule has 224 valence electrons. The molecule has 47 heavy (non-hydrogen) atoms. The topological polar surface area (TPSA) is 31.6 Å². The van der Waals surface area contributed by atoms with Crippen LogP contribution in [-0.2, 0) is 0 Å². The number of hydrogen-bond donors (Lipinski definition) is 1. The van der Waals surface area contributed by atoms with Crippen LogP contribution in [0, 0.1) is 0 Å². The number of hydrogen-bond acceptors (Lipinski definition) is 4. The van der Waals surface area contributed by atoms with Gasteiger partial charge in [-0.05, 0) is 101 Å². The average molecular weight is 606 g/mol. The number of benzene rings is 7. The Morgan fingerprint density at radius 3 is 1.81 bits per heavy atom. The van der Waals surface area contributed by atoms with Gasteiger partial charge in [0.05, 0.1) is 0 Å². The number of anilines is 5. The van der Waals surface area contributed by atoms with E-state index in [-0.39, 0.29) is 0 Å². The van der Waals surface area contributed by atoms with Crippen molar-refractivity contribution in [1.82, 2.24) is 5.32 Å². The first-order chi connectivity index (χ1) is 23.3. The van der Waals surface area contributed by atoms with Gasteiger partial charge in [-0.3, -0.25) is 0 Å². The van der Waals surface area contributed by atoms with E-state index in [4.69, 9.17) is 4.42 Å². The molecule has 0 aliphatic carbocycles. The molecule has 2 heterocycles. The lowest BCUT2D eigenvalue weighted by Crippen LogP contribution is -2.21. The first-order valence-electron chi connectivity index (χ1n) is 16.0. The van der Waals surface area contributed by atoms with Gasteiger partial charge in [0.15, 0.2) is 0 Å². The number of allylic oxidation sites excluding steroid dienone is 1. The monoisotopic (exact) mass is 605 g/mol. The van der Waals surface area contributed by atoms with Gasteiger partial charge in [-0.1, -0.05) is 84.9 Å². The lowest BCUT2D eigenvalue weighted by atomic mass is 9.96. The number of rotatable bonds is 6. The molecular weight excluding hydrogens is 574 g/mol. The second-order valence-electron chi connectivity index (χ2n) is 11.8. The molecule has 0 atom stereocenters. The number of nitrogens with one attached hydrogen (secondary N) is 1. The zero-order chi connectivity index (χ0) is 31.2. The SMILES string of the molecule is C1=CC(N(c2cccc(N(c3ccccc3)c3ccccc3)c2)c2ccc3c(c2)c2ccccc2c2c4ccccc4oc32)=CCN1. The van der Waals surface area contributed by atoms with Gasteiger partial charge >= 0.3 is 0 Å². The number of fused-ring (bicyclic) bond motifs is 8. The van der Waals surface area contributed by atoms with Crippen LogP contribution < -0.4 is 15.1 Å². The summed E-state index contributed by atoms with van der Waals surface area (Å²) in [4.78, 5) is 4.66. The summed E-state index contributed by atoms with van der Waals surface area (Å²) in [6.45, 7) is 0.762. The molecule has 0 unspecified atom stereocenters. The van der Waals surface area contributed by atoms with Gasteiger partial charge < -0.3 is 19.5 Å². The predicted octanol–water partition coefficient (Wildman–Crippen LogP) is 11.5. The van der Waals surface area contributed by atoms with Crippen molar-refractivity contribution >= 4 is 71.9 Å². The summed E-state index contributed by atoms with van der Waals surface area (Å²) >= 11 is 0.